The summed E-state index contributed by atoms with van der Waals surface area (Å²) in [6, 6.07) is 17.0. The van der Waals surface area contributed by atoms with Gasteiger partial charge in [-0.3, -0.25) is 5.32 Å². The van der Waals surface area contributed by atoms with E-state index < -0.39 is 28.2 Å². The number of nitrogens with zero attached hydrogens (tertiary/aromatic N) is 1. The zero-order valence-electron chi connectivity index (χ0n) is 21.5. The molecule has 0 bridgehead atoms. The molecule has 0 spiro atoms. The van der Waals surface area contributed by atoms with Crippen LogP contribution < -0.4 is 15.1 Å². The Hall–Kier alpha value is -3.39. The average Bonchev–Trinajstić information content (AvgIpc) is 3.56. The van der Waals surface area contributed by atoms with Gasteiger partial charge in [0.2, 0.25) is 15.9 Å². The fourth-order valence-electron chi connectivity index (χ4n) is 3.94. The molecule has 1 aliphatic rings. The molecule has 2 heterocycles. The molecule has 4 rings (SSSR count). The number of unbranched alkanes of at least 4 members (excludes halogenated alkanes) is 2. The van der Waals surface area contributed by atoms with E-state index in [0.29, 0.717) is 23.6 Å². The highest BCUT2D eigenvalue weighted by Gasteiger charge is 2.31. The van der Waals surface area contributed by atoms with Crippen molar-refractivity contribution in [2.24, 2.45) is 4.99 Å². The van der Waals surface area contributed by atoms with Gasteiger partial charge in [0.05, 0.1) is 6.20 Å². The van der Waals surface area contributed by atoms with Crippen molar-refractivity contribution in [1.29, 1.82) is 0 Å². The second-order valence-corrected chi connectivity index (χ2v) is 11.6. The fraction of sp³-hybridized carbons (Fsp3) is 0.296. The lowest BCUT2D eigenvalue weighted by Crippen LogP contribution is -2.87. The lowest BCUT2D eigenvalue weighted by atomic mass is 10.1. The van der Waals surface area contributed by atoms with E-state index in [9.17, 15) is 26.4 Å². The number of carboxylic acids is 1. The van der Waals surface area contributed by atoms with Gasteiger partial charge < -0.3 is 14.7 Å². The van der Waals surface area contributed by atoms with Crippen LogP contribution in [0.5, 0.6) is 0 Å². The largest absolute Gasteiger partial charge is 0.542 e. The van der Waals surface area contributed by atoms with Crippen LogP contribution in [0.25, 0.3) is 15.8 Å². The summed E-state index contributed by atoms with van der Waals surface area (Å²) in [6.45, 7) is 1.60. The lowest BCUT2D eigenvalue weighted by molar-refractivity contribution is -0.434. The van der Waals surface area contributed by atoms with E-state index in [2.05, 4.69) is 9.71 Å². The van der Waals surface area contributed by atoms with Gasteiger partial charge in [0.1, 0.15) is 22.7 Å². The molecule has 214 valence electrons. The van der Waals surface area contributed by atoms with Crippen LogP contribution in [0, 0.1) is 0 Å². The predicted octanol–water partition coefficient (Wildman–Crippen LogP) is 3.36. The van der Waals surface area contributed by atoms with Gasteiger partial charge in [-0.25, -0.2) is 13.4 Å². The number of hydrogen-bond donors (Lipinski definition) is 2. The number of Topliss-reactive ketones (excluding diaryl/α,β-unsaturated/α-hetero) is 1. The maximum atomic E-state index is 13.4. The van der Waals surface area contributed by atoms with E-state index in [1.165, 1.54) is 11.3 Å². The van der Waals surface area contributed by atoms with Crippen LogP contribution in [-0.2, 0) is 19.6 Å². The maximum absolute atomic E-state index is 13.4. The number of aliphatic imine (C=N–C) groups is 1. The summed E-state index contributed by atoms with van der Waals surface area (Å²) in [6.07, 6.45) is 0.258. The molecule has 13 heteroatoms. The predicted molar refractivity (Wildman–Crippen MR) is 145 cm³/mol. The summed E-state index contributed by atoms with van der Waals surface area (Å²) < 4.78 is 62.1. The van der Waals surface area contributed by atoms with E-state index in [1.54, 1.807) is 18.5 Å². The third kappa shape index (κ3) is 8.81. The van der Waals surface area contributed by atoms with E-state index in [1.807, 2.05) is 59.9 Å². The third-order valence-electron chi connectivity index (χ3n) is 5.91. The van der Waals surface area contributed by atoms with Gasteiger partial charge in [-0.15, -0.1) is 11.3 Å². The number of carboxylic acid groups (broad SMARTS) is 1. The number of benzene rings is 2. The first-order valence-electron chi connectivity index (χ1n) is 12.3. The molecule has 1 aliphatic heterocycles. The number of thiophene rings is 1. The van der Waals surface area contributed by atoms with Gasteiger partial charge in [-0.2, -0.15) is 17.9 Å². The Morgan fingerprint density at radius 1 is 1.05 bits per heavy atom. The molecule has 0 saturated carbocycles. The number of amidine groups is 1. The highest BCUT2D eigenvalue weighted by Crippen LogP contribution is 2.29. The Balaban J connectivity index is 0.000000559. The van der Waals surface area contributed by atoms with Crippen LogP contribution in [0.3, 0.4) is 0 Å². The molecular formula is C27H28F3N3O5S2. The molecule has 0 unspecified atom stereocenters. The van der Waals surface area contributed by atoms with Crippen LogP contribution in [0.2, 0.25) is 0 Å². The van der Waals surface area contributed by atoms with Gasteiger partial charge in [0, 0.05) is 27.5 Å². The van der Waals surface area contributed by atoms with E-state index in [-0.39, 0.29) is 5.78 Å². The summed E-state index contributed by atoms with van der Waals surface area (Å²) in [5.74, 6) is -2.11. The number of alkyl halides is 3. The number of rotatable bonds is 11. The molecule has 3 N–H and O–H groups in total. The van der Waals surface area contributed by atoms with E-state index in [0.717, 1.165) is 40.6 Å². The van der Waals surface area contributed by atoms with Crippen molar-refractivity contribution in [3.05, 3.63) is 71.7 Å². The number of halogens is 3. The van der Waals surface area contributed by atoms with Crippen LogP contribution in [-0.4, -0.2) is 38.2 Å². The first-order chi connectivity index (χ1) is 18.9. The zero-order valence-corrected chi connectivity index (χ0v) is 23.1. The summed E-state index contributed by atoms with van der Waals surface area (Å²) >= 11 is 1.43. The Bertz CT molecular complexity index is 1500. The lowest BCUT2D eigenvalue weighted by Gasteiger charge is -2.17. The highest BCUT2D eigenvalue weighted by atomic mass is 32.2. The van der Waals surface area contributed by atoms with Crippen molar-refractivity contribution < 1.29 is 41.6 Å². The number of ketones is 1. The smallest absolute Gasteiger partial charge is 0.430 e. The second-order valence-electron chi connectivity index (χ2n) is 9.01. The molecule has 2 aromatic carbocycles. The molecule has 0 radical (unpaired) electrons. The van der Waals surface area contributed by atoms with Crippen LogP contribution in [0.4, 0.5) is 13.2 Å². The highest BCUT2D eigenvalue weighted by molar-refractivity contribution is 7.90. The maximum Gasteiger partial charge on any atom is 0.430 e. The molecule has 0 aliphatic carbocycles. The number of aliphatic carboxylic acids is 1. The summed E-state index contributed by atoms with van der Waals surface area (Å²) in [7, 11) is -3.74. The molecule has 3 aromatic rings. The minimum Gasteiger partial charge on any atom is -0.542 e. The Kier molecular flexibility index (Phi) is 10.7. The SMILES string of the molecule is CC(=O)CCCCC[C@H](NS(=O)(=O)c1csc2ccccc12)C1=NC=C(c2ccccc2)[NH2+]1.O=C([O-])C(F)(F)F. The van der Waals surface area contributed by atoms with Gasteiger partial charge in [0.25, 0.3) is 0 Å². The molecule has 0 saturated heterocycles. The third-order valence-corrected chi connectivity index (χ3v) is 8.53. The van der Waals surface area contributed by atoms with Gasteiger partial charge in [-0.05, 0) is 38.0 Å². The quantitative estimate of drug-likeness (QED) is 0.328. The van der Waals surface area contributed by atoms with Crippen LogP contribution >= 0.6 is 11.3 Å². The minimum absolute atomic E-state index is 0.182. The molecule has 8 nitrogen and oxygen atoms in total. The molecule has 1 aromatic heterocycles. The van der Waals surface area contributed by atoms with E-state index >= 15 is 0 Å². The summed E-state index contributed by atoms with van der Waals surface area (Å²) in [5, 5.41) is 13.2. The normalized spacial score (nSPS) is 14.2. The number of hydrogen-bond acceptors (Lipinski definition) is 7. The minimum atomic E-state index is -5.19. The van der Waals surface area contributed by atoms with Crippen molar-refractivity contribution >= 4 is 54.7 Å². The van der Waals surface area contributed by atoms with Crippen molar-refractivity contribution in [3.8, 4) is 0 Å². The van der Waals surface area contributed by atoms with Gasteiger partial charge in [0.15, 0.2) is 5.70 Å². The van der Waals surface area contributed by atoms with Gasteiger partial charge >= 0.3 is 6.18 Å². The molecule has 0 fully saturated rings. The first kappa shape index (κ1) is 31.1. The standard InChI is InChI=1S/C25H27N3O3S2.C2HF3O2/c1-18(29)10-4-2-7-14-21(25-26-16-22(27-25)19-11-5-3-6-12-19)28-33(30,31)24-17-32-23-15-9-8-13-20(23)24;3-2(4,5)1(6)7/h3,5-6,8-9,11-13,15-17,21,28H,2,4,7,10,14H2,1H3,(H,26,27);(H,6,7)/t21-;/m0./s1. The molecule has 0 amide bonds. The fourth-order valence-corrected chi connectivity index (χ4v) is 6.68. The van der Waals surface area contributed by atoms with Gasteiger partial charge in [-0.1, -0.05) is 49.2 Å². The number of sulfonamides is 1. The van der Waals surface area contributed by atoms with Crippen molar-refractivity contribution in [1.82, 2.24) is 4.72 Å². The number of nitrogens with two attached hydrogens (primary N) is 1. The van der Waals surface area contributed by atoms with Crippen molar-refractivity contribution in [3.63, 3.8) is 0 Å². The van der Waals surface area contributed by atoms with Crippen LogP contribution in [0.15, 0.2) is 76.1 Å². The number of carbonyl (C=O) groups excluding carboxylic acids is 2. The van der Waals surface area contributed by atoms with Crippen LogP contribution in [0.1, 0.15) is 44.6 Å². The zero-order chi connectivity index (χ0) is 29.3. The Labute approximate surface area is 233 Å². The number of quaternary nitrogens is 1. The number of nitrogens with one attached hydrogen (secondary N) is 1. The van der Waals surface area contributed by atoms with E-state index in [4.69, 9.17) is 9.90 Å². The molecule has 1 atom stereocenters. The monoisotopic (exact) mass is 595 g/mol. The number of fused-ring (bicyclic) bond motifs is 1. The summed E-state index contributed by atoms with van der Waals surface area (Å²) in [5.41, 5.74) is 2.01. The van der Waals surface area contributed by atoms with Crippen molar-refractivity contribution in [2.75, 3.05) is 0 Å². The second kappa shape index (κ2) is 13.8. The first-order valence-corrected chi connectivity index (χ1v) is 14.7. The number of carbonyl (C=O) groups is 2. The van der Waals surface area contributed by atoms with Crippen molar-refractivity contribution in [2.45, 2.75) is 56.1 Å². The molecule has 40 heavy (non-hydrogen) atoms. The Morgan fingerprint density at radius 2 is 1.70 bits per heavy atom. The molecular weight excluding hydrogens is 567 g/mol. The Morgan fingerprint density at radius 3 is 2.35 bits per heavy atom. The topological polar surface area (TPSA) is 132 Å². The average molecular weight is 596 g/mol. The summed E-state index contributed by atoms with van der Waals surface area (Å²) in [4.78, 5) is 24.9.